The molecule has 3 heteroatoms. The number of aromatic nitrogens is 2. The smallest absolute Gasteiger partial charge is 0.0181 e. The van der Waals surface area contributed by atoms with Crippen LogP contribution in [-0.4, -0.2) is 9.97 Å². The number of pyridine rings is 2. The first kappa shape index (κ1) is 14.3. The summed E-state index contributed by atoms with van der Waals surface area (Å²) in [6, 6.07) is 18.7. The van der Waals surface area contributed by atoms with Crippen molar-refractivity contribution in [3.63, 3.8) is 0 Å². The van der Waals surface area contributed by atoms with Crippen molar-refractivity contribution in [3.8, 4) is 11.1 Å². The largest absolute Gasteiger partial charge is 0.267 e. The van der Waals surface area contributed by atoms with Crippen molar-refractivity contribution in [3.05, 3.63) is 73.3 Å². The molecular weight excluding hydrogens is 333 g/mol. The summed E-state index contributed by atoms with van der Waals surface area (Å²) in [5, 5.41) is 4.51. The van der Waals surface area contributed by atoms with Crippen LogP contribution in [0.4, 0.5) is 0 Å². The molecule has 2 nitrogen and oxygen atoms in total. The van der Waals surface area contributed by atoms with Gasteiger partial charge in [-0.3, -0.25) is 9.97 Å². The third-order valence-electron chi connectivity index (χ3n) is 3.45. The number of benzene rings is 2. The Morgan fingerprint density at radius 1 is 0.810 bits per heavy atom. The van der Waals surface area contributed by atoms with E-state index in [0.29, 0.717) is 0 Å². The van der Waals surface area contributed by atoms with E-state index in [-0.39, 0.29) is 32.7 Å². The van der Waals surface area contributed by atoms with E-state index in [2.05, 4.69) is 28.2 Å². The Labute approximate surface area is 148 Å². The summed E-state index contributed by atoms with van der Waals surface area (Å²) in [4.78, 5) is 8.34. The van der Waals surface area contributed by atoms with Crippen LogP contribution in [0.5, 0.6) is 0 Å². The molecule has 0 amide bonds. The van der Waals surface area contributed by atoms with Gasteiger partial charge in [0.15, 0.2) is 0 Å². The van der Waals surface area contributed by atoms with Gasteiger partial charge in [-0.25, -0.2) is 11.1 Å². The van der Waals surface area contributed by atoms with Crippen LogP contribution in [0.2, 0.25) is 0 Å². The molecule has 0 N–H and O–H groups in total. The summed E-state index contributed by atoms with van der Waals surface area (Å²) >= 11 is 0. The fraction of sp³-hybridized carbons (Fsp3) is 0. The Kier molecular flexibility index (Phi) is 4.09. The van der Waals surface area contributed by atoms with Crippen LogP contribution in [0.15, 0.2) is 61.2 Å². The molecule has 0 aliphatic rings. The van der Waals surface area contributed by atoms with Crippen molar-refractivity contribution in [1.29, 1.82) is 0 Å². The Hall–Kier alpha value is -1.64. The Morgan fingerprint density at radius 2 is 1.62 bits per heavy atom. The van der Waals surface area contributed by atoms with Gasteiger partial charge in [-0.05, 0) is 0 Å². The predicted molar refractivity (Wildman–Crippen MR) is 80.2 cm³/mol. The SMILES string of the molecule is [Y].[c-]1cc2ccncc2cc1-c1[c-]ccc2cnccc12. The maximum Gasteiger partial charge on any atom is 0.0181 e. The maximum absolute atomic E-state index is 4.18. The molecule has 0 saturated carbocycles. The van der Waals surface area contributed by atoms with Crippen LogP contribution >= 0.6 is 0 Å². The third kappa shape index (κ3) is 2.62. The molecule has 0 atom stereocenters. The summed E-state index contributed by atoms with van der Waals surface area (Å²) in [5.41, 5.74) is 2.08. The summed E-state index contributed by atoms with van der Waals surface area (Å²) in [6.07, 6.45) is 7.35. The molecule has 2 aromatic heterocycles. The van der Waals surface area contributed by atoms with Gasteiger partial charge in [-0.2, -0.15) is 24.3 Å². The third-order valence-corrected chi connectivity index (χ3v) is 3.45. The predicted octanol–water partition coefficient (Wildman–Crippen LogP) is 4.05. The summed E-state index contributed by atoms with van der Waals surface area (Å²) in [6.45, 7) is 0. The van der Waals surface area contributed by atoms with Gasteiger partial charge in [0, 0.05) is 57.5 Å². The zero-order chi connectivity index (χ0) is 13.4. The standard InChI is InChI=1S/C18H10N2.Y/c1-2-15-11-20-9-7-18(15)17(3-1)14-5-4-13-6-8-19-12-16(13)10-14;/h1-2,4,6-12H;/q-2;. The molecule has 2 aromatic carbocycles. The number of fused-ring (bicyclic) bond motifs is 2. The van der Waals surface area contributed by atoms with Crippen LogP contribution < -0.4 is 0 Å². The second-order valence-corrected chi connectivity index (χ2v) is 4.67. The quantitative estimate of drug-likeness (QED) is 0.488. The summed E-state index contributed by atoms with van der Waals surface area (Å²) in [5.74, 6) is 0. The fourth-order valence-electron chi connectivity index (χ4n) is 2.45. The molecule has 0 fully saturated rings. The first-order valence-electron chi connectivity index (χ1n) is 6.42. The van der Waals surface area contributed by atoms with Crippen LogP contribution in [0.3, 0.4) is 0 Å². The van der Waals surface area contributed by atoms with E-state index < -0.39 is 0 Å². The van der Waals surface area contributed by atoms with Crippen molar-refractivity contribution in [2.75, 3.05) is 0 Å². The average molecular weight is 343 g/mol. The van der Waals surface area contributed by atoms with E-state index in [1.54, 1.807) is 6.20 Å². The van der Waals surface area contributed by atoms with Gasteiger partial charge < -0.3 is 0 Å². The Bertz CT molecular complexity index is 913. The molecule has 2 heterocycles. The minimum Gasteiger partial charge on any atom is -0.267 e. The molecule has 4 aromatic rings. The van der Waals surface area contributed by atoms with Gasteiger partial charge in [0.25, 0.3) is 0 Å². The molecule has 0 saturated heterocycles. The Balaban J connectivity index is 0.00000132. The van der Waals surface area contributed by atoms with Gasteiger partial charge in [0.05, 0.1) is 0 Å². The normalized spacial score (nSPS) is 10.5. The fourth-order valence-corrected chi connectivity index (χ4v) is 2.45. The molecule has 0 aliphatic carbocycles. The minimum atomic E-state index is 0. The van der Waals surface area contributed by atoms with E-state index in [4.69, 9.17) is 0 Å². The second kappa shape index (κ2) is 6.01. The Morgan fingerprint density at radius 3 is 2.52 bits per heavy atom. The number of rotatable bonds is 1. The van der Waals surface area contributed by atoms with Gasteiger partial charge in [-0.15, -0.1) is 17.5 Å². The van der Waals surface area contributed by atoms with E-state index in [9.17, 15) is 0 Å². The summed E-state index contributed by atoms with van der Waals surface area (Å²) < 4.78 is 0. The number of hydrogen-bond acceptors (Lipinski definition) is 2. The molecule has 0 bridgehead atoms. The molecule has 1 radical (unpaired) electrons. The van der Waals surface area contributed by atoms with Crippen LogP contribution in [0, 0.1) is 12.1 Å². The van der Waals surface area contributed by atoms with Crippen molar-refractivity contribution in [2.24, 2.45) is 0 Å². The van der Waals surface area contributed by atoms with E-state index in [1.165, 1.54) is 0 Å². The number of hydrogen-bond donors (Lipinski definition) is 0. The van der Waals surface area contributed by atoms with E-state index in [0.717, 1.165) is 32.7 Å². The van der Waals surface area contributed by atoms with Crippen LogP contribution in [0.25, 0.3) is 32.7 Å². The first-order chi connectivity index (χ1) is 9.92. The second-order valence-electron chi connectivity index (χ2n) is 4.67. The van der Waals surface area contributed by atoms with Gasteiger partial charge in [0.1, 0.15) is 0 Å². The molecule has 0 unspecified atom stereocenters. The molecule has 97 valence electrons. The van der Waals surface area contributed by atoms with Gasteiger partial charge in [-0.1, -0.05) is 28.3 Å². The van der Waals surface area contributed by atoms with Crippen LogP contribution in [-0.2, 0) is 32.7 Å². The topological polar surface area (TPSA) is 25.8 Å². The molecular formula is C18H10N2Y-2. The zero-order valence-corrected chi connectivity index (χ0v) is 14.1. The summed E-state index contributed by atoms with van der Waals surface area (Å²) in [7, 11) is 0. The molecule has 0 spiro atoms. The van der Waals surface area contributed by atoms with Gasteiger partial charge >= 0.3 is 0 Å². The average Bonchev–Trinajstić information content (AvgIpc) is 2.54. The number of nitrogens with zero attached hydrogens (tertiary/aromatic N) is 2. The molecule has 0 aliphatic heterocycles. The van der Waals surface area contributed by atoms with Crippen molar-refractivity contribution < 1.29 is 32.7 Å². The van der Waals surface area contributed by atoms with E-state index in [1.807, 2.05) is 48.9 Å². The van der Waals surface area contributed by atoms with Crippen molar-refractivity contribution >= 4 is 21.5 Å². The van der Waals surface area contributed by atoms with Crippen molar-refractivity contribution in [2.45, 2.75) is 0 Å². The van der Waals surface area contributed by atoms with E-state index >= 15 is 0 Å². The van der Waals surface area contributed by atoms with Crippen LogP contribution in [0.1, 0.15) is 0 Å². The van der Waals surface area contributed by atoms with Gasteiger partial charge in [0.2, 0.25) is 0 Å². The zero-order valence-electron chi connectivity index (χ0n) is 11.2. The first-order valence-corrected chi connectivity index (χ1v) is 6.42. The van der Waals surface area contributed by atoms with Crippen molar-refractivity contribution in [1.82, 2.24) is 9.97 Å². The monoisotopic (exact) mass is 343 g/mol. The minimum absolute atomic E-state index is 0. The molecule has 4 rings (SSSR count). The maximum atomic E-state index is 4.18. The molecule has 21 heavy (non-hydrogen) atoms.